The highest BCUT2D eigenvalue weighted by Gasteiger charge is 2.06. The summed E-state index contributed by atoms with van der Waals surface area (Å²) in [4.78, 5) is 10.9. The molecule has 0 radical (unpaired) electrons. The van der Waals surface area contributed by atoms with E-state index in [9.17, 15) is 4.79 Å². The van der Waals surface area contributed by atoms with E-state index in [1.165, 1.54) is 6.21 Å². The number of nitrogens with zero attached hydrogens (tertiary/aromatic N) is 3. The van der Waals surface area contributed by atoms with Gasteiger partial charge in [-0.25, -0.2) is 10.2 Å². The second-order valence-electron chi connectivity index (χ2n) is 3.33. The molecule has 0 aliphatic rings. The predicted molar refractivity (Wildman–Crippen MR) is 62.6 cm³/mol. The molecule has 1 rings (SSSR count). The summed E-state index contributed by atoms with van der Waals surface area (Å²) in [7, 11) is 1.80. The van der Waals surface area contributed by atoms with E-state index in [2.05, 4.69) is 21.3 Å². The van der Waals surface area contributed by atoms with E-state index < -0.39 is 6.09 Å². The van der Waals surface area contributed by atoms with Crippen LogP contribution in [-0.2, 0) is 11.8 Å². The molecule has 0 atom stereocenters. The molecule has 0 spiro atoms. The largest absolute Gasteiger partial charge is 0.449 e. The van der Waals surface area contributed by atoms with Crippen LogP contribution in [0.3, 0.4) is 0 Å². The monoisotopic (exact) mass is 234 g/mol. The van der Waals surface area contributed by atoms with Gasteiger partial charge in [-0.3, -0.25) is 0 Å². The van der Waals surface area contributed by atoms with Gasteiger partial charge in [0.25, 0.3) is 0 Å². The van der Waals surface area contributed by atoms with E-state index in [-0.39, 0.29) is 0 Å². The first kappa shape index (κ1) is 12.8. The van der Waals surface area contributed by atoms with Gasteiger partial charge in [0.15, 0.2) is 0 Å². The van der Waals surface area contributed by atoms with Gasteiger partial charge in [-0.1, -0.05) is 0 Å². The number of hydrogen-bond acceptors (Lipinski definition) is 4. The number of amides is 1. The number of nitriles is 1. The van der Waals surface area contributed by atoms with Crippen molar-refractivity contribution in [2.75, 3.05) is 6.61 Å². The maximum atomic E-state index is 10.9. The first-order valence-corrected chi connectivity index (χ1v) is 5.12. The fraction of sp³-hybridized carbons (Fsp3) is 0.364. The molecule has 0 saturated heterocycles. The number of hydrazone groups is 1. The van der Waals surface area contributed by atoms with Crippen LogP contribution >= 0.6 is 0 Å². The van der Waals surface area contributed by atoms with Gasteiger partial charge >= 0.3 is 6.09 Å². The topological polar surface area (TPSA) is 79.4 Å². The first-order chi connectivity index (χ1) is 8.10. The molecule has 17 heavy (non-hydrogen) atoms. The molecule has 0 unspecified atom stereocenters. The number of carbonyl (C=O) groups is 1. The zero-order chi connectivity index (χ0) is 12.8. The Hall–Kier alpha value is -2.29. The van der Waals surface area contributed by atoms with Crippen molar-refractivity contribution in [3.8, 4) is 6.07 Å². The molecular formula is C11H14N4O2. The standard InChI is InChI=1S/C11H14N4O2/c1-4-17-11(16)14-13-7-9-5-10(6-12)15(3)8(9)2/h5,7H,4H2,1-3H3,(H,14,16)/b13-7-. The Morgan fingerprint density at radius 1 is 1.76 bits per heavy atom. The summed E-state index contributed by atoms with van der Waals surface area (Å²) in [6, 6.07) is 3.77. The minimum atomic E-state index is -0.599. The molecular weight excluding hydrogens is 220 g/mol. The van der Waals surface area contributed by atoms with Crippen LogP contribution in [0.1, 0.15) is 23.9 Å². The van der Waals surface area contributed by atoms with Gasteiger partial charge in [0, 0.05) is 18.3 Å². The average Bonchev–Trinajstić information content (AvgIpc) is 2.57. The van der Waals surface area contributed by atoms with Crippen LogP contribution in [0.15, 0.2) is 11.2 Å². The van der Waals surface area contributed by atoms with Gasteiger partial charge in [-0.2, -0.15) is 10.4 Å². The molecule has 0 aliphatic carbocycles. The molecule has 0 saturated carbocycles. The van der Waals surface area contributed by atoms with E-state index in [4.69, 9.17) is 5.26 Å². The molecule has 1 aromatic heterocycles. The van der Waals surface area contributed by atoms with Crippen LogP contribution in [0.4, 0.5) is 4.79 Å². The smallest absolute Gasteiger partial charge is 0.427 e. The number of nitrogens with one attached hydrogen (secondary N) is 1. The highest BCUT2D eigenvalue weighted by Crippen LogP contribution is 2.10. The third-order valence-electron chi connectivity index (χ3n) is 2.32. The van der Waals surface area contributed by atoms with E-state index in [0.29, 0.717) is 12.3 Å². The van der Waals surface area contributed by atoms with Crippen LogP contribution in [0.5, 0.6) is 0 Å². The number of rotatable bonds is 3. The lowest BCUT2D eigenvalue weighted by atomic mass is 10.3. The Balaban J connectivity index is 2.73. The number of ether oxygens (including phenoxy) is 1. The summed E-state index contributed by atoms with van der Waals surface area (Å²) >= 11 is 0. The van der Waals surface area contributed by atoms with Crippen LogP contribution < -0.4 is 5.43 Å². The lowest BCUT2D eigenvalue weighted by molar-refractivity contribution is 0.152. The molecule has 0 bridgehead atoms. The van der Waals surface area contributed by atoms with Crippen LogP contribution in [0.25, 0.3) is 0 Å². The summed E-state index contributed by atoms with van der Waals surface area (Å²) < 4.78 is 6.39. The lowest BCUT2D eigenvalue weighted by Crippen LogP contribution is -2.18. The Bertz CT molecular complexity index is 482. The molecule has 6 heteroatoms. The van der Waals surface area contributed by atoms with Crippen molar-refractivity contribution < 1.29 is 9.53 Å². The minimum absolute atomic E-state index is 0.296. The van der Waals surface area contributed by atoms with Crippen molar-refractivity contribution in [2.24, 2.45) is 12.1 Å². The molecule has 1 aromatic rings. The third-order valence-corrected chi connectivity index (χ3v) is 2.32. The van der Waals surface area contributed by atoms with Gasteiger partial charge in [-0.15, -0.1) is 0 Å². The molecule has 1 N–H and O–H groups in total. The average molecular weight is 234 g/mol. The molecule has 0 fully saturated rings. The zero-order valence-corrected chi connectivity index (χ0v) is 10.0. The van der Waals surface area contributed by atoms with Crippen LogP contribution in [0.2, 0.25) is 0 Å². The fourth-order valence-electron chi connectivity index (χ4n) is 1.28. The highest BCUT2D eigenvalue weighted by molar-refractivity contribution is 5.83. The van der Waals surface area contributed by atoms with Crippen molar-refractivity contribution >= 4 is 12.3 Å². The maximum absolute atomic E-state index is 10.9. The normalized spacial score (nSPS) is 10.2. The molecule has 0 aliphatic heterocycles. The Labute approximate surface area is 99.5 Å². The Morgan fingerprint density at radius 3 is 3.00 bits per heavy atom. The summed E-state index contributed by atoms with van der Waals surface area (Å²) in [6.45, 7) is 3.88. The zero-order valence-electron chi connectivity index (χ0n) is 10.0. The molecule has 1 heterocycles. The Morgan fingerprint density at radius 2 is 2.47 bits per heavy atom. The summed E-state index contributed by atoms with van der Waals surface area (Å²) in [6.07, 6.45) is 0.880. The Kier molecular flexibility index (Phi) is 4.29. The molecule has 0 aromatic carbocycles. The molecule has 90 valence electrons. The van der Waals surface area contributed by atoms with Gasteiger partial charge in [0.1, 0.15) is 11.8 Å². The quantitative estimate of drug-likeness (QED) is 0.632. The van der Waals surface area contributed by atoms with Crippen molar-refractivity contribution in [1.29, 1.82) is 5.26 Å². The van der Waals surface area contributed by atoms with Crippen LogP contribution in [0, 0.1) is 18.3 Å². The second-order valence-corrected chi connectivity index (χ2v) is 3.33. The molecule has 1 amide bonds. The number of hydrogen-bond donors (Lipinski definition) is 1. The van der Waals surface area contributed by atoms with Crippen molar-refractivity contribution in [2.45, 2.75) is 13.8 Å². The SMILES string of the molecule is CCOC(=O)N/N=C\c1cc(C#N)n(C)c1C. The highest BCUT2D eigenvalue weighted by atomic mass is 16.5. The van der Waals surface area contributed by atoms with Gasteiger partial charge in [-0.05, 0) is 19.9 Å². The van der Waals surface area contributed by atoms with E-state index in [1.807, 2.05) is 6.92 Å². The van der Waals surface area contributed by atoms with Gasteiger partial charge in [0.2, 0.25) is 0 Å². The fourth-order valence-corrected chi connectivity index (χ4v) is 1.28. The third kappa shape index (κ3) is 3.08. The summed E-state index contributed by atoms with van der Waals surface area (Å²) in [5.41, 5.74) is 4.44. The minimum Gasteiger partial charge on any atom is -0.449 e. The van der Waals surface area contributed by atoms with Crippen molar-refractivity contribution in [3.63, 3.8) is 0 Å². The summed E-state index contributed by atoms with van der Waals surface area (Å²) in [5, 5.41) is 12.6. The predicted octanol–water partition coefficient (Wildman–Crippen LogP) is 1.29. The van der Waals surface area contributed by atoms with Gasteiger partial charge in [0.05, 0.1) is 12.8 Å². The maximum Gasteiger partial charge on any atom is 0.427 e. The molecule has 6 nitrogen and oxygen atoms in total. The number of carbonyl (C=O) groups excluding carboxylic acids is 1. The van der Waals surface area contributed by atoms with E-state index >= 15 is 0 Å². The van der Waals surface area contributed by atoms with E-state index in [0.717, 1.165) is 11.3 Å². The van der Waals surface area contributed by atoms with E-state index in [1.54, 1.807) is 24.6 Å². The second kappa shape index (κ2) is 5.70. The summed E-state index contributed by atoms with van der Waals surface area (Å²) in [5.74, 6) is 0. The van der Waals surface area contributed by atoms with Crippen LogP contribution in [-0.4, -0.2) is 23.5 Å². The lowest BCUT2D eigenvalue weighted by Gasteiger charge is -1.99. The van der Waals surface area contributed by atoms with Gasteiger partial charge < -0.3 is 9.30 Å². The van der Waals surface area contributed by atoms with Crippen molar-refractivity contribution in [1.82, 2.24) is 9.99 Å². The number of aromatic nitrogens is 1. The first-order valence-electron chi connectivity index (χ1n) is 5.12. The van der Waals surface area contributed by atoms with Crippen molar-refractivity contribution in [3.05, 3.63) is 23.0 Å².